The lowest BCUT2D eigenvalue weighted by molar-refractivity contribution is 0.0673. The predicted molar refractivity (Wildman–Crippen MR) is 32.9 cm³/mol. The Labute approximate surface area is 50.2 Å². The SMILES string of the molecule is CC1CCC(C)O1.O. The molecule has 0 aromatic heterocycles. The predicted octanol–water partition coefficient (Wildman–Crippen LogP) is 0.749. The third-order valence-corrected chi connectivity index (χ3v) is 1.44. The van der Waals surface area contributed by atoms with Gasteiger partial charge in [0.25, 0.3) is 0 Å². The van der Waals surface area contributed by atoms with Crippen LogP contribution in [-0.4, -0.2) is 17.7 Å². The van der Waals surface area contributed by atoms with Gasteiger partial charge in [0, 0.05) is 0 Å². The van der Waals surface area contributed by atoms with Crippen LogP contribution >= 0.6 is 0 Å². The Morgan fingerprint density at radius 3 is 1.62 bits per heavy atom. The first-order valence-electron chi connectivity index (χ1n) is 2.94. The van der Waals surface area contributed by atoms with Crippen LogP contribution in [0.25, 0.3) is 0 Å². The van der Waals surface area contributed by atoms with Gasteiger partial charge in [-0.1, -0.05) is 0 Å². The Balaban J connectivity index is 0.000000490. The maximum atomic E-state index is 5.36. The molecule has 50 valence electrons. The Morgan fingerprint density at radius 2 is 1.50 bits per heavy atom. The number of hydrogen-bond acceptors (Lipinski definition) is 1. The maximum Gasteiger partial charge on any atom is 0.0551 e. The summed E-state index contributed by atoms with van der Waals surface area (Å²) < 4.78 is 5.36. The molecule has 8 heavy (non-hydrogen) atoms. The molecule has 1 rings (SSSR count). The fourth-order valence-corrected chi connectivity index (χ4v) is 1.00. The van der Waals surface area contributed by atoms with E-state index in [-0.39, 0.29) is 5.48 Å². The highest BCUT2D eigenvalue weighted by Gasteiger charge is 2.16. The second-order valence-electron chi connectivity index (χ2n) is 2.33. The van der Waals surface area contributed by atoms with Crippen LogP contribution in [0.4, 0.5) is 0 Å². The van der Waals surface area contributed by atoms with Crippen LogP contribution in [0, 0.1) is 0 Å². The summed E-state index contributed by atoms with van der Waals surface area (Å²) in [6.07, 6.45) is 3.55. The molecule has 2 heteroatoms. The summed E-state index contributed by atoms with van der Waals surface area (Å²) in [4.78, 5) is 0. The second kappa shape index (κ2) is 3.05. The lowest BCUT2D eigenvalue weighted by Gasteiger charge is -2.01. The molecule has 0 aromatic carbocycles. The van der Waals surface area contributed by atoms with Gasteiger partial charge in [-0.15, -0.1) is 0 Å². The van der Waals surface area contributed by atoms with E-state index in [1.165, 1.54) is 12.8 Å². The Bertz CT molecular complexity index is 55.5. The van der Waals surface area contributed by atoms with Crippen LogP contribution in [0.1, 0.15) is 26.7 Å². The summed E-state index contributed by atoms with van der Waals surface area (Å²) in [6.45, 7) is 4.26. The zero-order chi connectivity index (χ0) is 5.28. The van der Waals surface area contributed by atoms with Crippen molar-refractivity contribution in [2.75, 3.05) is 0 Å². The van der Waals surface area contributed by atoms with Crippen molar-refractivity contribution in [2.24, 2.45) is 0 Å². The van der Waals surface area contributed by atoms with Crippen LogP contribution in [0.15, 0.2) is 0 Å². The normalized spacial score (nSPS) is 36.8. The van der Waals surface area contributed by atoms with E-state index in [1.807, 2.05) is 0 Å². The minimum absolute atomic E-state index is 0. The first-order valence-corrected chi connectivity index (χ1v) is 2.94. The summed E-state index contributed by atoms with van der Waals surface area (Å²) in [5, 5.41) is 0. The van der Waals surface area contributed by atoms with Crippen LogP contribution in [0.2, 0.25) is 0 Å². The van der Waals surface area contributed by atoms with E-state index in [2.05, 4.69) is 13.8 Å². The molecule has 0 saturated carbocycles. The summed E-state index contributed by atoms with van der Waals surface area (Å²) in [5.74, 6) is 0. The van der Waals surface area contributed by atoms with Gasteiger partial charge in [-0.05, 0) is 26.7 Å². The maximum absolute atomic E-state index is 5.36. The molecule has 1 saturated heterocycles. The second-order valence-corrected chi connectivity index (χ2v) is 2.33. The average molecular weight is 118 g/mol. The molecule has 2 nitrogen and oxygen atoms in total. The highest BCUT2D eigenvalue weighted by atomic mass is 16.5. The summed E-state index contributed by atoms with van der Waals surface area (Å²) in [5.41, 5.74) is 0. The fraction of sp³-hybridized carbons (Fsp3) is 1.00. The molecule has 1 aliphatic heterocycles. The Hall–Kier alpha value is -0.0800. The van der Waals surface area contributed by atoms with Gasteiger partial charge in [-0.3, -0.25) is 0 Å². The summed E-state index contributed by atoms with van der Waals surface area (Å²) in [6, 6.07) is 0. The first kappa shape index (κ1) is 7.92. The average Bonchev–Trinajstić information content (AvgIpc) is 1.87. The molecule has 0 aromatic rings. The van der Waals surface area contributed by atoms with E-state index in [1.54, 1.807) is 0 Å². The summed E-state index contributed by atoms with van der Waals surface area (Å²) in [7, 11) is 0. The third-order valence-electron chi connectivity index (χ3n) is 1.44. The van der Waals surface area contributed by atoms with Crippen molar-refractivity contribution >= 4 is 0 Å². The quantitative estimate of drug-likeness (QED) is 0.462. The van der Waals surface area contributed by atoms with E-state index in [0.29, 0.717) is 12.2 Å². The Kier molecular flexibility index (Phi) is 3.02. The van der Waals surface area contributed by atoms with Crippen molar-refractivity contribution in [1.29, 1.82) is 0 Å². The minimum atomic E-state index is 0. The van der Waals surface area contributed by atoms with Crippen molar-refractivity contribution in [3.05, 3.63) is 0 Å². The van der Waals surface area contributed by atoms with E-state index in [0.717, 1.165) is 0 Å². The van der Waals surface area contributed by atoms with Crippen LogP contribution in [-0.2, 0) is 4.74 Å². The highest BCUT2D eigenvalue weighted by Crippen LogP contribution is 2.17. The lowest BCUT2D eigenvalue weighted by Crippen LogP contribution is -2.01. The van der Waals surface area contributed by atoms with Gasteiger partial charge < -0.3 is 10.2 Å². The van der Waals surface area contributed by atoms with Crippen molar-refractivity contribution < 1.29 is 10.2 Å². The van der Waals surface area contributed by atoms with Crippen molar-refractivity contribution in [3.8, 4) is 0 Å². The highest BCUT2D eigenvalue weighted by molar-refractivity contribution is 4.64. The standard InChI is InChI=1S/C6H12O.H2O/c1-5-3-4-6(2)7-5;/h5-6H,3-4H2,1-2H3;1H2. The molecule has 0 aliphatic carbocycles. The van der Waals surface area contributed by atoms with Gasteiger partial charge in [0.15, 0.2) is 0 Å². The monoisotopic (exact) mass is 118 g/mol. The topological polar surface area (TPSA) is 40.7 Å². The Morgan fingerprint density at radius 1 is 1.12 bits per heavy atom. The molecule has 0 radical (unpaired) electrons. The first-order chi connectivity index (χ1) is 3.29. The van der Waals surface area contributed by atoms with Crippen LogP contribution in [0.5, 0.6) is 0 Å². The lowest BCUT2D eigenvalue weighted by atomic mass is 10.2. The van der Waals surface area contributed by atoms with Gasteiger partial charge in [0.2, 0.25) is 0 Å². The molecule has 1 aliphatic rings. The van der Waals surface area contributed by atoms with Gasteiger partial charge in [-0.25, -0.2) is 0 Å². The molecule has 2 atom stereocenters. The van der Waals surface area contributed by atoms with Gasteiger partial charge in [0.1, 0.15) is 0 Å². The van der Waals surface area contributed by atoms with E-state index < -0.39 is 0 Å². The molecular weight excluding hydrogens is 104 g/mol. The summed E-state index contributed by atoms with van der Waals surface area (Å²) >= 11 is 0. The zero-order valence-corrected chi connectivity index (χ0v) is 5.48. The van der Waals surface area contributed by atoms with E-state index in [4.69, 9.17) is 4.74 Å². The molecule has 0 spiro atoms. The fourth-order valence-electron chi connectivity index (χ4n) is 1.00. The molecule has 2 unspecified atom stereocenters. The number of rotatable bonds is 0. The van der Waals surface area contributed by atoms with Gasteiger partial charge >= 0.3 is 0 Å². The van der Waals surface area contributed by atoms with Crippen LogP contribution in [0.3, 0.4) is 0 Å². The van der Waals surface area contributed by atoms with Crippen molar-refractivity contribution in [1.82, 2.24) is 0 Å². The molecule has 2 N–H and O–H groups in total. The van der Waals surface area contributed by atoms with E-state index >= 15 is 0 Å². The van der Waals surface area contributed by atoms with Gasteiger partial charge in [-0.2, -0.15) is 0 Å². The molecule has 0 bridgehead atoms. The van der Waals surface area contributed by atoms with Crippen LogP contribution < -0.4 is 0 Å². The minimum Gasteiger partial charge on any atom is -0.412 e. The van der Waals surface area contributed by atoms with E-state index in [9.17, 15) is 0 Å². The number of hydrogen-bond donors (Lipinski definition) is 0. The number of ether oxygens (including phenoxy) is 1. The van der Waals surface area contributed by atoms with Crippen molar-refractivity contribution in [2.45, 2.75) is 38.9 Å². The largest absolute Gasteiger partial charge is 0.412 e. The zero-order valence-electron chi connectivity index (χ0n) is 5.48. The third kappa shape index (κ3) is 1.80. The molecule has 1 heterocycles. The van der Waals surface area contributed by atoms with Crippen molar-refractivity contribution in [3.63, 3.8) is 0 Å². The molecular formula is C6H14O2. The molecule has 1 fully saturated rings. The smallest absolute Gasteiger partial charge is 0.0551 e. The van der Waals surface area contributed by atoms with Gasteiger partial charge in [0.05, 0.1) is 12.2 Å². The molecule has 0 amide bonds.